The molecular weight excluding hydrogens is 408 g/mol. The van der Waals surface area contributed by atoms with Crippen LogP contribution in [0.5, 0.6) is 5.75 Å². The van der Waals surface area contributed by atoms with Crippen molar-refractivity contribution in [1.82, 2.24) is 4.57 Å². The van der Waals surface area contributed by atoms with Crippen molar-refractivity contribution >= 4 is 27.7 Å². The number of carbonyl (C=O) groups excluding carboxylic acids is 1. The Morgan fingerprint density at radius 1 is 1.26 bits per heavy atom. The molecule has 0 atom stereocenters. The molecule has 0 aliphatic heterocycles. The van der Waals surface area contributed by atoms with Gasteiger partial charge < -0.3 is 9.30 Å². The van der Waals surface area contributed by atoms with Crippen LogP contribution in [0.25, 0.3) is 0 Å². The number of ether oxygens (including phenoxy) is 1. The number of hydrogen-bond donors (Lipinski definition) is 0. The molecule has 0 saturated carbocycles. The third-order valence-electron chi connectivity index (χ3n) is 3.69. The summed E-state index contributed by atoms with van der Waals surface area (Å²) in [5.74, 6) is 0.166. The molecule has 0 unspecified atom stereocenters. The number of rotatable bonds is 6. The molecule has 2 rings (SSSR count). The predicted molar refractivity (Wildman–Crippen MR) is 112 cm³/mol. The van der Waals surface area contributed by atoms with E-state index >= 15 is 0 Å². The van der Waals surface area contributed by atoms with E-state index in [9.17, 15) is 9.59 Å². The van der Waals surface area contributed by atoms with Crippen molar-refractivity contribution in [3.05, 3.63) is 93.9 Å². The minimum Gasteiger partial charge on any atom is -0.408 e. The van der Waals surface area contributed by atoms with Gasteiger partial charge in [0.05, 0.1) is 6.54 Å². The van der Waals surface area contributed by atoms with Gasteiger partial charge in [-0.25, -0.2) is 4.79 Å². The van der Waals surface area contributed by atoms with Crippen LogP contribution in [0.2, 0.25) is 0 Å². The average Bonchev–Trinajstić information content (AvgIpc) is 2.68. The van der Waals surface area contributed by atoms with E-state index < -0.39 is 6.09 Å². The zero-order valence-electron chi connectivity index (χ0n) is 15.3. The zero-order chi connectivity index (χ0) is 19.8. The van der Waals surface area contributed by atoms with Gasteiger partial charge in [-0.3, -0.25) is 9.69 Å². The van der Waals surface area contributed by atoms with Gasteiger partial charge >= 0.3 is 6.09 Å². The minimum absolute atomic E-state index is 0.166. The number of para-hydroxylation sites is 1. The summed E-state index contributed by atoms with van der Waals surface area (Å²) >= 11 is 3.23. The first-order valence-corrected chi connectivity index (χ1v) is 9.10. The monoisotopic (exact) mass is 428 g/mol. The number of amides is 1. The summed E-state index contributed by atoms with van der Waals surface area (Å²) in [5.41, 5.74) is 1.16. The normalized spacial score (nSPS) is 11.1. The highest BCUT2D eigenvalue weighted by Crippen LogP contribution is 2.22. The SMILES string of the molecule is C=C(/C=C\C=C/C)Cn1ccc(OC(=O)N(C)c2ccccc2)c(Br)c1=O. The molecule has 0 aliphatic rings. The Bertz CT molecular complexity index is 930. The number of benzene rings is 1. The summed E-state index contributed by atoms with van der Waals surface area (Å²) in [4.78, 5) is 26.2. The molecule has 0 saturated heterocycles. The molecule has 1 amide bonds. The van der Waals surface area contributed by atoms with Crippen LogP contribution in [0.1, 0.15) is 6.92 Å². The van der Waals surface area contributed by atoms with Crippen molar-refractivity contribution in [2.45, 2.75) is 13.5 Å². The van der Waals surface area contributed by atoms with Crippen molar-refractivity contribution in [3.8, 4) is 5.75 Å². The lowest BCUT2D eigenvalue weighted by atomic mass is 10.2. The van der Waals surface area contributed by atoms with Crippen LogP contribution in [0, 0.1) is 0 Å². The fourth-order valence-electron chi connectivity index (χ4n) is 2.23. The number of carbonyl (C=O) groups is 1. The average molecular weight is 429 g/mol. The molecular formula is C21H21BrN2O3. The van der Waals surface area contributed by atoms with Gasteiger partial charge in [0.2, 0.25) is 0 Å². The second-order valence-corrected chi connectivity index (χ2v) is 6.53. The first-order chi connectivity index (χ1) is 12.9. The molecule has 27 heavy (non-hydrogen) atoms. The van der Waals surface area contributed by atoms with E-state index in [1.807, 2.05) is 49.4 Å². The van der Waals surface area contributed by atoms with Crippen molar-refractivity contribution in [1.29, 1.82) is 0 Å². The van der Waals surface area contributed by atoms with Gasteiger partial charge in [0.25, 0.3) is 5.56 Å². The minimum atomic E-state index is -0.585. The van der Waals surface area contributed by atoms with Gasteiger partial charge in [0.1, 0.15) is 4.47 Å². The Morgan fingerprint density at radius 3 is 2.63 bits per heavy atom. The number of aromatic nitrogens is 1. The summed E-state index contributed by atoms with van der Waals surface area (Å²) < 4.78 is 7.04. The second-order valence-electron chi connectivity index (χ2n) is 5.73. The van der Waals surface area contributed by atoms with Crippen LogP contribution >= 0.6 is 15.9 Å². The second kappa shape index (κ2) is 9.73. The molecule has 1 aromatic carbocycles. The van der Waals surface area contributed by atoms with E-state index in [-0.39, 0.29) is 15.8 Å². The maximum atomic E-state index is 12.5. The van der Waals surface area contributed by atoms with Crippen molar-refractivity contribution in [2.24, 2.45) is 0 Å². The van der Waals surface area contributed by atoms with E-state index in [2.05, 4.69) is 22.5 Å². The molecule has 0 bridgehead atoms. The van der Waals surface area contributed by atoms with Gasteiger partial charge in [0.15, 0.2) is 5.75 Å². The highest BCUT2D eigenvalue weighted by Gasteiger charge is 2.17. The Balaban J connectivity index is 2.13. The Morgan fingerprint density at radius 2 is 1.96 bits per heavy atom. The molecule has 0 fully saturated rings. The molecule has 1 aromatic heterocycles. The van der Waals surface area contributed by atoms with Gasteiger partial charge in [-0.2, -0.15) is 0 Å². The first-order valence-electron chi connectivity index (χ1n) is 8.30. The molecule has 2 aromatic rings. The van der Waals surface area contributed by atoms with Gasteiger partial charge in [-0.1, -0.05) is 49.1 Å². The summed E-state index contributed by atoms with van der Waals surface area (Å²) in [6, 6.07) is 10.7. The summed E-state index contributed by atoms with van der Waals surface area (Å²) in [5, 5.41) is 0. The quantitative estimate of drug-likeness (QED) is 0.612. The third-order valence-corrected chi connectivity index (χ3v) is 4.42. The molecule has 0 N–H and O–H groups in total. The fourth-order valence-corrected chi connectivity index (χ4v) is 2.67. The number of nitrogens with zero attached hydrogens (tertiary/aromatic N) is 2. The maximum Gasteiger partial charge on any atom is 0.419 e. The molecule has 1 heterocycles. The lowest BCUT2D eigenvalue weighted by molar-refractivity contribution is 0.208. The zero-order valence-corrected chi connectivity index (χ0v) is 16.8. The van der Waals surface area contributed by atoms with Crippen LogP contribution in [-0.4, -0.2) is 17.7 Å². The van der Waals surface area contributed by atoms with Crippen LogP contribution in [0.4, 0.5) is 10.5 Å². The number of allylic oxidation sites excluding steroid dienone is 5. The fraction of sp³-hybridized carbons (Fsp3) is 0.143. The molecule has 140 valence electrons. The Labute approximate surface area is 167 Å². The number of anilines is 1. The Kier molecular flexibility index (Phi) is 7.37. The van der Waals surface area contributed by atoms with Crippen LogP contribution in [0.3, 0.4) is 0 Å². The van der Waals surface area contributed by atoms with Crippen LogP contribution in [-0.2, 0) is 6.54 Å². The smallest absolute Gasteiger partial charge is 0.408 e. The topological polar surface area (TPSA) is 51.5 Å². The molecule has 0 radical (unpaired) electrons. The van der Waals surface area contributed by atoms with Gasteiger partial charge in [0, 0.05) is 18.9 Å². The van der Waals surface area contributed by atoms with E-state index in [1.54, 1.807) is 31.4 Å². The number of hydrogen-bond acceptors (Lipinski definition) is 3. The van der Waals surface area contributed by atoms with E-state index in [1.165, 1.54) is 9.47 Å². The highest BCUT2D eigenvalue weighted by atomic mass is 79.9. The van der Waals surface area contributed by atoms with Gasteiger partial charge in [-0.05, 0) is 46.6 Å². The van der Waals surface area contributed by atoms with Crippen molar-refractivity contribution < 1.29 is 9.53 Å². The molecule has 6 heteroatoms. The van der Waals surface area contributed by atoms with E-state index in [4.69, 9.17) is 4.74 Å². The van der Waals surface area contributed by atoms with Crippen LogP contribution in [0.15, 0.2) is 88.3 Å². The number of halogens is 1. The van der Waals surface area contributed by atoms with E-state index in [0.29, 0.717) is 12.2 Å². The summed E-state index contributed by atoms with van der Waals surface area (Å²) in [6.07, 6.45) is 8.48. The first kappa shape index (κ1) is 20.5. The summed E-state index contributed by atoms with van der Waals surface area (Å²) in [6.45, 7) is 6.19. The largest absolute Gasteiger partial charge is 0.419 e. The number of pyridine rings is 1. The van der Waals surface area contributed by atoms with E-state index in [0.717, 1.165) is 5.57 Å². The van der Waals surface area contributed by atoms with Crippen molar-refractivity contribution in [3.63, 3.8) is 0 Å². The Hall–Kier alpha value is -2.86. The summed E-state index contributed by atoms with van der Waals surface area (Å²) in [7, 11) is 1.61. The standard InChI is InChI=1S/C21H21BrN2O3/c1-4-5-7-10-16(2)15-24-14-13-18(19(22)20(24)25)27-21(26)23(3)17-11-8-6-9-12-17/h4-14H,2,15H2,1,3H3/b5-4-,10-7-. The molecule has 0 aliphatic carbocycles. The van der Waals surface area contributed by atoms with Crippen molar-refractivity contribution in [2.75, 3.05) is 11.9 Å². The highest BCUT2D eigenvalue weighted by molar-refractivity contribution is 9.10. The molecule has 5 nitrogen and oxygen atoms in total. The van der Waals surface area contributed by atoms with Gasteiger partial charge in [-0.15, -0.1) is 0 Å². The predicted octanol–water partition coefficient (Wildman–Crippen LogP) is 4.93. The molecule has 0 spiro atoms. The lowest BCUT2D eigenvalue weighted by Crippen LogP contribution is -2.30. The van der Waals surface area contributed by atoms with Crippen LogP contribution < -0.4 is 15.2 Å². The maximum absolute atomic E-state index is 12.5. The lowest BCUT2D eigenvalue weighted by Gasteiger charge is -2.17. The third kappa shape index (κ3) is 5.56.